The Morgan fingerprint density at radius 1 is 1.03 bits per heavy atom. The lowest BCUT2D eigenvalue weighted by Crippen LogP contribution is -2.28. The van der Waals surface area contributed by atoms with Crippen LogP contribution in [0.1, 0.15) is 30.5 Å². The van der Waals surface area contributed by atoms with Crippen LogP contribution < -0.4 is 9.60 Å². The number of halogens is 1. The molecule has 0 aliphatic carbocycles. The van der Waals surface area contributed by atoms with Gasteiger partial charge < -0.3 is 0 Å². The lowest BCUT2D eigenvalue weighted by Gasteiger charge is -2.17. The van der Waals surface area contributed by atoms with Crippen molar-refractivity contribution in [3.8, 4) is 0 Å². The van der Waals surface area contributed by atoms with Crippen molar-refractivity contribution in [2.45, 2.75) is 30.8 Å². The van der Waals surface area contributed by atoms with Crippen LogP contribution >= 0.6 is 22.9 Å². The molecule has 0 fully saturated rings. The SMILES string of the molecule is CC[C@H](NS(=O)(=O)c1ccc2c(c1)sc(=O)n2Cc1ccc(Cl)cc1)c1ccccc1. The van der Waals surface area contributed by atoms with E-state index in [4.69, 9.17) is 11.6 Å². The zero-order valence-corrected chi connectivity index (χ0v) is 19.2. The molecule has 3 aromatic carbocycles. The first-order valence-electron chi connectivity index (χ1n) is 9.82. The predicted octanol–water partition coefficient (Wildman–Crippen LogP) is 5.19. The highest BCUT2D eigenvalue weighted by molar-refractivity contribution is 7.89. The fraction of sp³-hybridized carbons (Fsp3) is 0.174. The average Bonchev–Trinajstić information content (AvgIpc) is 3.08. The molecule has 4 aromatic rings. The summed E-state index contributed by atoms with van der Waals surface area (Å²) < 4.78 is 31.1. The Morgan fingerprint density at radius 2 is 1.74 bits per heavy atom. The standard InChI is InChI=1S/C23H21ClN2O3S2/c1-2-20(17-6-4-3-5-7-17)25-31(28,29)19-12-13-21-22(14-19)30-23(27)26(21)15-16-8-10-18(24)11-9-16/h3-14,20,25H,2,15H2,1H3/t20-/m0/s1. The zero-order chi connectivity index (χ0) is 22.0. The van der Waals surface area contributed by atoms with Crippen LogP contribution in [0.15, 0.2) is 82.5 Å². The molecule has 0 bridgehead atoms. The Morgan fingerprint density at radius 3 is 2.42 bits per heavy atom. The Labute approximate surface area is 190 Å². The second-order valence-corrected chi connectivity index (χ2v) is 10.3. The van der Waals surface area contributed by atoms with Gasteiger partial charge in [0.15, 0.2) is 0 Å². The number of hydrogen-bond donors (Lipinski definition) is 1. The van der Waals surface area contributed by atoms with E-state index >= 15 is 0 Å². The van der Waals surface area contributed by atoms with E-state index in [1.54, 1.807) is 34.9 Å². The van der Waals surface area contributed by atoms with E-state index < -0.39 is 10.0 Å². The number of aromatic nitrogens is 1. The number of nitrogens with one attached hydrogen (secondary N) is 1. The van der Waals surface area contributed by atoms with Crippen LogP contribution in [0.4, 0.5) is 0 Å². The predicted molar refractivity (Wildman–Crippen MR) is 126 cm³/mol. The fourth-order valence-corrected chi connectivity index (χ4v) is 5.93. The highest BCUT2D eigenvalue weighted by Crippen LogP contribution is 2.25. The van der Waals surface area contributed by atoms with Gasteiger partial charge in [0.25, 0.3) is 0 Å². The van der Waals surface area contributed by atoms with E-state index in [9.17, 15) is 13.2 Å². The van der Waals surface area contributed by atoms with Crippen LogP contribution in [-0.4, -0.2) is 13.0 Å². The molecule has 1 atom stereocenters. The number of thiazole rings is 1. The van der Waals surface area contributed by atoms with Crippen molar-refractivity contribution in [2.24, 2.45) is 0 Å². The lowest BCUT2D eigenvalue weighted by atomic mass is 10.1. The maximum absolute atomic E-state index is 13.0. The van der Waals surface area contributed by atoms with Gasteiger partial charge in [-0.25, -0.2) is 13.1 Å². The summed E-state index contributed by atoms with van der Waals surface area (Å²) in [6.45, 7) is 2.33. The van der Waals surface area contributed by atoms with Gasteiger partial charge in [-0.05, 0) is 47.9 Å². The summed E-state index contributed by atoms with van der Waals surface area (Å²) in [5.41, 5.74) is 2.56. The van der Waals surface area contributed by atoms with E-state index in [2.05, 4.69) is 4.72 Å². The molecule has 0 saturated heterocycles. The third kappa shape index (κ3) is 4.75. The highest BCUT2D eigenvalue weighted by atomic mass is 35.5. The van der Waals surface area contributed by atoms with Crippen LogP contribution in [0.5, 0.6) is 0 Å². The van der Waals surface area contributed by atoms with Gasteiger partial charge in [-0.2, -0.15) is 0 Å². The van der Waals surface area contributed by atoms with E-state index in [-0.39, 0.29) is 15.8 Å². The molecule has 8 heteroatoms. The largest absolute Gasteiger partial charge is 0.308 e. The second-order valence-electron chi connectivity index (χ2n) is 7.20. The third-order valence-corrected chi connectivity index (χ3v) is 7.77. The van der Waals surface area contributed by atoms with Crippen LogP contribution in [0, 0.1) is 0 Å². The van der Waals surface area contributed by atoms with Gasteiger partial charge in [0.05, 0.1) is 21.7 Å². The molecule has 1 N–H and O–H groups in total. The molecule has 4 rings (SSSR count). The quantitative estimate of drug-likeness (QED) is 0.402. The number of rotatable bonds is 7. The maximum atomic E-state index is 13.0. The van der Waals surface area contributed by atoms with Crippen molar-refractivity contribution >= 4 is 43.2 Å². The van der Waals surface area contributed by atoms with Gasteiger partial charge in [0, 0.05) is 11.1 Å². The van der Waals surface area contributed by atoms with Crippen molar-refractivity contribution in [2.75, 3.05) is 0 Å². The van der Waals surface area contributed by atoms with Gasteiger partial charge in [-0.1, -0.05) is 72.3 Å². The molecule has 1 heterocycles. The molecule has 160 valence electrons. The van der Waals surface area contributed by atoms with Crippen molar-refractivity contribution < 1.29 is 8.42 Å². The molecule has 0 aliphatic rings. The number of hydrogen-bond acceptors (Lipinski definition) is 4. The number of sulfonamides is 1. The van der Waals surface area contributed by atoms with Gasteiger partial charge in [-0.15, -0.1) is 0 Å². The minimum absolute atomic E-state index is 0.136. The summed E-state index contributed by atoms with van der Waals surface area (Å²) in [4.78, 5) is 12.6. The van der Waals surface area contributed by atoms with E-state index in [1.165, 1.54) is 0 Å². The summed E-state index contributed by atoms with van der Waals surface area (Å²) in [5.74, 6) is 0. The van der Waals surface area contributed by atoms with Crippen LogP contribution in [0.3, 0.4) is 0 Å². The first-order valence-corrected chi connectivity index (χ1v) is 12.5. The van der Waals surface area contributed by atoms with Gasteiger partial charge in [-0.3, -0.25) is 9.36 Å². The number of benzene rings is 3. The van der Waals surface area contributed by atoms with Gasteiger partial charge >= 0.3 is 4.87 Å². The van der Waals surface area contributed by atoms with Crippen LogP contribution in [0.25, 0.3) is 10.2 Å². The van der Waals surface area contributed by atoms with Crippen LogP contribution in [0.2, 0.25) is 5.02 Å². The first kappa shape index (κ1) is 21.8. The molecule has 1 aromatic heterocycles. The molecule has 0 unspecified atom stereocenters. The normalized spacial score (nSPS) is 12.8. The maximum Gasteiger partial charge on any atom is 0.308 e. The summed E-state index contributed by atoms with van der Waals surface area (Å²) in [6.07, 6.45) is 0.621. The number of nitrogens with zero attached hydrogens (tertiary/aromatic N) is 1. The van der Waals surface area contributed by atoms with E-state index in [0.29, 0.717) is 28.2 Å². The first-order chi connectivity index (χ1) is 14.9. The average molecular weight is 473 g/mol. The monoisotopic (exact) mass is 472 g/mol. The molecule has 0 spiro atoms. The Hall–Kier alpha value is -2.45. The molecule has 5 nitrogen and oxygen atoms in total. The fourth-order valence-electron chi connectivity index (χ4n) is 3.46. The smallest absolute Gasteiger partial charge is 0.294 e. The lowest BCUT2D eigenvalue weighted by molar-refractivity contribution is 0.550. The molecule has 0 radical (unpaired) electrons. The zero-order valence-electron chi connectivity index (χ0n) is 16.8. The van der Waals surface area contributed by atoms with E-state index in [0.717, 1.165) is 22.5 Å². The molecule has 31 heavy (non-hydrogen) atoms. The summed E-state index contributed by atoms with van der Waals surface area (Å²) in [5, 5.41) is 0.634. The van der Waals surface area contributed by atoms with Gasteiger partial charge in [0.2, 0.25) is 10.0 Å². The minimum atomic E-state index is -3.75. The molecule has 0 amide bonds. The number of fused-ring (bicyclic) bond motifs is 1. The Kier molecular flexibility index (Phi) is 6.29. The molecule has 0 aliphatic heterocycles. The third-order valence-electron chi connectivity index (χ3n) is 5.11. The summed E-state index contributed by atoms with van der Waals surface area (Å²) in [7, 11) is -3.75. The molecular weight excluding hydrogens is 452 g/mol. The molecule has 0 saturated carbocycles. The van der Waals surface area contributed by atoms with Crippen molar-refractivity contribution in [3.05, 3.63) is 98.6 Å². The van der Waals surface area contributed by atoms with Crippen molar-refractivity contribution in [3.63, 3.8) is 0 Å². The second kappa shape index (κ2) is 8.96. The summed E-state index contributed by atoms with van der Waals surface area (Å²) in [6, 6.07) is 21.3. The highest BCUT2D eigenvalue weighted by Gasteiger charge is 2.21. The molecular formula is C23H21ClN2O3S2. The van der Waals surface area contributed by atoms with Crippen LogP contribution in [-0.2, 0) is 16.6 Å². The topological polar surface area (TPSA) is 68.2 Å². The van der Waals surface area contributed by atoms with Crippen molar-refractivity contribution in [1.29, 1.82) is 0 Å². The van der Waals surface area contributed by atoms with E-state index in [1.807, 2.05) is 49.4 Å². The Bertz CT molecular complexity index is 1360. The summed E-state index contributed by atoms with van der Waals surface area (Å²) >= 11 is 6.98. The minimum Gasteiger partial charge on any atom is -0.294 e. The Balaban J connectivity index is 1.64. The van der Waals surface area contributed by atoms with Crippen molar-refractivity contribution in [1.82, 2.24) is 9.29 Å². The van der Waals surface area contributed by atoms with Gasteiger partial charge in [0.1, 0.15) is 0 Å².